The summed E-state index contributed by atoms with van der Waals surface area (Å²) in [5, 5.41) is 2.50. The summed E-state index contributed by atoms with van der Waals surface area (Å²) in [6.45, 7) is 2.43. The van der Waals surface area contributed by atoms with Crippen LogP contribution in [0.15, 0.2) is 24.3 Å². The normalized spacial score (nSPS) is 20.9. The van der Waals surface area contributed by atoms with Gasteiger partial charge in [-0.05, 0) is 36.5 Å². The lowest BCUT2D eigenvalue weighted by Crippen LogP contribution is -2.35. The average Bonchev–Trinajstić information content (AvgIpc) is 2.85. The van der Waals surface area contributed by atoms with Crippen LogP contribution in [0.5, 0.6) is 0 Å². The Bertz CT molecular complexity index is 658. The molecule has 1 aromatic rings. The van der Waals surface area contributed by atoms with Crippen molar-refractivity contribution in [1.29, 1.82) is 0 Å². The topological polar surface area (TPSA) is 79.0 Å². The maximum Gasteiger partial charge on any atom is 0.324 e. The highest BCUT2D eigenvalue weighted by Crippen LogP contribution is 2.19. The number of carbonyl (C=O) groups is 3. The number of urea groups is 1. The van der Waals surface area contributed by atoms with Gasteiger partial charge in [-0.25, -0.2) is 4.79 Å². The first kappa shape index (κ1) is 18.4. The lowest BCUT2D eigenvalue weighted by atomic mass is 10.0. The first-order valence-electron chi connectivity index (χ1n) is 9.04. The molecule has 4 amide bonds. The van der Waals surface area contributed by atoms with E-state index in [4.69, 9.17) is 4.74 Å². The third-order valence-corrected chi connectivity index (χ3v) is 4.94. The molecule has 2 fully saturated rings. The van der Waals surface area contributed by atoms with Crippen LogP contribution < -0.4 is 5.32 Å². The molecule has 0 bridgehead atoms. The van der Waals surface area contributed by atoms with Crippen molar-refractivity contribution in [3.8, 4) is 0 Å². The molecule has 2 heterocycles. The van der Waals surface area contributed by atoms with E-state index in [1.165, 1.54) is 4.90 Å². The zero-order chi connectivity index (χ0) is 18.5. The van der Waals surface area contributed by atoms with Crippen molar-refractivity contribution >= 4 is 17.8 Å². The van der Waals surface area contributed by atoms with E-state index in [1.807, 2.05) is 4.90 Å². The average molecular weight is 359 g/mol. The summed E-state index contributed by atoms with van der Waals surface area (Å²) in [6.07, 6.45) is 3.21. The molecule has 140 valence electrons. The van der Waals surface area contributed by atoms with Crippen molar-refractivity contribution in [2.45, 2.75) is 25.8 Å². The van der Waals surface area contributed by atoms with Crippen molar-refractivity contribution in [3.63, 3.8) is 0 Å². The predicted molar refractivity (Wildman–Crippen MR) is 95.5 cm³/mol. The van der Waals surface area contributed by atoms with Gasteiger partial charge >= 0.3 is 6.03 Å². The maximum atomic E-state index is 12.8. The zero-order valence-corrected chi connectivity index (χ0v) is 15.1. The Balaban J connectivity index is 1.64. The van der Waals surface area contributed by atoms with Gasteiger partial charge in [-0.3, -0.25) is 14.5 Å². The number of methoxy groups -OCH3 is 1. The Morgan fingerprint density at radius 3 is 2.65 bits per heavy atom. The van der Waals surface area contributed by atoms with Crippen LogP contribution in [0.2, 0.25) is 0 Å². The van der Waals surface area contributed by atoms with Crippen molar-refractivity contribution in [1.82, 2.24) is 15.1 Å². The number of amides is 4. The van der Waals surface area contributed by atoms with Crippen LogP contribution in [-0.2, 0) is 16.1 Å². The summed E-state index contributed by atoms with van der Waals surface area (Å²) >= 11 is 0. The van der Waals surface area contributed by atoms with Crippen LogP contribution in [0.4, 0.5) is 4.79 Å². The second-order valence-corrected chi connectivity index (χ2v) is 6.90. The molecule has 2 aliphatic heterocycles. The van der Waals surface area contributed by atoms with Gasteiger partial charge in [0.25, 0.3) is 5.91 Å². The minimum atomic E-state index is -0.371. The third kappa shape index (κ3) is 4.22. The Morgan fingerprint density at radius 1 is 1.23 bits per heavy atom. The minimum absolute atomic E-state index is 0.0227. The fraction of sp³-hybridized carbons (Fsp3) is 0.526. The molecule has 0 saturated carbocycles. The molecule has 1 atom stereocenters. The molecule has 2 saturated heterocycles. The molecule has 26 heavy (non-hydrogen) atoms. The van der Waals surface area contributed by atoms with Crippen molar-refractivity contribution < 1.29 is 19.1 Å². The van der Waals surface area contributed by atoms with E-state index in [-0.39, 0.29) is 30.9 Å². The van der Waals surface area contributed by atoms with E-state index >= 15 is 0 Å². The number of nitrogens with one attached hydrogen (secondary N) is 1. The standard InChI is InChI=1S/C19H25N3O4/c1-26-13-15-4-2-3-9-21(11-15)18(24)16-7-5-14(6-8-16)12-22-17(23)10-20-19(22)25/h5-8,15H,2-4,9-13H2,1H3,(H,20,25). The van der Waals surface area contributed by atoms with E-state index in [1.54, 1.807) is 31.4 Å². The van der Waals surface area contributed by atoms with Gasteiger partial charge < -0.3 is 15.0 Å². The van der Waals surface area contributed by atoms with Crippen molar-refractivity contribution in [2.75, 3.05) is 33.4 Å². The monoisotopic (exact) mass is 359 g/mol. The van der Waals surface area contributed by atoms with Gasteiger partial charge in [0.1, 0.15) is 0 Å². The maximum absolute atomic E-state index is 12.8. The van der Waals surface area contributed by atoms with Gasteiger partial charge in [-0.15, -0.1) is 0 Å². The zero-order valence-electron chi connectivity index (χ0n) is 15.1. The smallest absolute Gasteiger partial charge is 0.324 e. The number of hydrogen-bond donors (Lipinski definition) is 1. The molecule has 3 rings (SSSR count). The molecule has 0 radical (unpaired) electrons. The highest BCUT2D eigenvalue weighted by Gasteiger charge is 2.28. The van der Waals surface area contributed by atoms with E-state index in [9.17, 15) is 14.4 Å². The fourth-order valence-electron chi connectivity index (χ4n) is 3.52. The predicted octanol–water partition coefficient (Wildman–Crippen LogP) is 1.63. The van der Waals surface area contributed by atoms with Gasteiger partial charge in [-0.2, -0.15) is 0 Å². The van der Waals surface area contributed by atoms with Crippen molar-refractivity contribution in [2.24, 2.45) is 5.92 Å². The van der Waals surface area contributed by atoms with E-state index in [0.29, 0.717) is 18.1 Å². The first-order valence-corrected chi connectivity index (χ1v) is 9.04. The summed E-state index contributed by atoms with van der Waals surface area (Å²) in [4.78, 5) is 39.2. The van der Waals surface area contributed by atoms with Crippen LogP contribution >= 0.6 is 0 Å². The number of likely N-dealkylation sites (tertiary alicyclic amines) is 1. The number of carbonyl (C=O) groups excluding carboxylic acids is 3. The summed E-state index contributed by atoms with van der Waals surface area (Å²) in [7, 11) is 1.70. The number of imide groups is 1. The Kier molecular flexibility index (Phi) is 5.88. The summed E-state index contributed by atoms with van der Waals surface area (Å²) in [5.41, 5.74) is 1.45. The molecule has 1 N–H and O–H groups in total. The number of benzene rings is 1. The van der Waals surface area contributed by atoms with Crippen LogP contribution in [0, 0.1) is 5.92 Å². The molecule has 0 spiro atoms. The number of nitrogens with zero attached hydrogens (tertiary/aromatic N) is 2. The summed E-state index contributed by atoms with van der Waals surface area (Å²) in [6, 6.07) is 6.77. The fourth-order valence-corrected chi connectivity index (χ4v) is 3.52. The Morgan fingerprint density at radius 2 is 2.00 bits per heavy atom. The summed E-state index contributed by atoms with van der Waals surface area (Å²) < 4.78 is 5.26. The molecule has 1 unspecified atom stereocenters. The van der Waals surface area contributed by atoms with Crippen LogP contribution in [0.3, 0.4) is 0 Å². The number of ether oxygens (including phenoxy) is 1. The molecule has 1 aromatic carbocycles. The number of rotatable bonds is 5. The first-order chi connectivity index (χ1) is 12.6. The molecule has 0 aliphatic carbocycles. The second-order valence-electron chi connectivity index (χ2n) is 6.90. The largest absolute Gasteiger partial charge is 0.384 e. The van der Waals surface area contributed by atoms with Gasteiger partial charge in [0.05, 0.1) is 19.7 Å². The Labute approximate surface area is 153 Å². The SMILES string of the molecule is COCC1CCCCN(C(=O)c2ccc(CN3C(=O)CNC3=O)cc2)C1. The minimum Gasteiger partial charge on any atom is -0.384 e. The molecular weight excluding hydrogens is 334 g/mol. The van der Waals surface area contributed by atoms with Crippen LogP contribution in [0.25, 0.3) is 0 Å². The lowest BCUT2D eigenvalue weighted by molar-refractivity contribution is -0.125. The Hall–Kier alpha value is -2.41. The third-order valence-electron chi connectivity index (χ3n) is 4.94. The molecule has 7 nitrogen and oxygen atoms in total. The second kappa shape index (κ2) is 8.31. The lowest BCUT2D eigenvalue weighted by Gasteiger charge is -2.24. The molecule has 2 aliphatic rings. The van der Waals surface area contributed by atoms with Gasteiger partial charge in [0.2, 0.25) is 5.91 Å². The molecule has 7 heteroatoms. The van der Waals surface area contributed by atoms with E-state index in [0.717, 1.165) is 37.9 Å². The van der Waals surface area contributed by atoms with Crippen molar-refractivity contribution in [3.05, 3.63) is 35.4 Å². The molecular formula is C19H25N3O4. The van der Waals surface area contributed by atoms with E-state index in [2.05, 4.69) is 5.32 Å². The summed E-state index contributed by atoms with van der Waals surface area (Å²) in [5.74, 6) is 0.170. The van der Waals surface area contributed by atoms with Gasteiger partial charge in [-0.1, -0.05) is 18.6 Å². The van der Waals surface area contributed by atoms with Gasteiger partial charge in [0, 0.05) is 25.8 Å². The highest BCUT2D eigenvalue weighted by molar-refractivity contribution is 6.01. The van der Waals surface area contributed by atoms with Crippen LogP contribution in [-0.4, -0.2) is 61.0 Å². The quantitative estimate of drug-likeness (QED) is 0.811. The van der Waals surface area contributed by atoms with E-state index < -0.39 is 0 Å². The number of hydrogen-bond acceptors (Lipinski definition) is 4. The highest BCUT2D eigenvalue weighted by atomic mass is 16.5. The van der Waals surface area contributed by atoms with Crippen LogP contribution in [0.1, 0.15) is 35.2 Å². The van der Waals surface area contributed by atoms with Gasteiger partial charge in [0.15, 0.2) is 0 Å². The molecule has 0 aromatic heterocycles.